The Bertz CT molecular complexity index is 739. The van der Waals surface area contributed by atoms with Crippen LogP contribution in [-0.4, -0.2) is 18.1 Å². The highest BCUT2D eigenvalue weighted by Crippen LogP contribution is 2.35. The van der Waals surface area contributed by atoms with E-state index in [0.717, 1.165) is 24.8 Å². The molecule has 0 aliphatic heterocycles. The van der Waals surface area contributed by atoms with E-state index in [2.05, 4.69) is 17.2 Å². The van der Waals surface area contributed by atoms with Gasteiger partial charge in [-0.1, -0.05) is 12.1 Å². The highest BCUT2D eigenvalue weighted by atomic mass is 19.1. The minimum Gasteiger partial charge on any atom is -0.494 e. The summed E-state index contributed by atoms with van der Waals surface area (Å²) in [6.45, 7) is 2.08. The molecule has 1 aromatic heterocycles. The first-order chi connectivity index (χ1) is 11.6. The summed E-state index contributed by atoms with van der Waals surface area (Å²) in [5.74, 6) is 0.403. The molecule has 1 aromatic carbocycles. The zero-order valence-corrected chi connectivity index (χ0v) is 14.0. The van der Waals surface area contributed by atoms with Gasteiger partial charge in [0.1, 0.15) is 0 Å². The van der Waals surface area contributed by atoms with Gasteiger partial charge in [0.05, 0.1) is 7.11 Å². The van der Waals surface area contributed by atoms with Crippen LogP contribution in [0.15, 0.2) is 41.3 Å². The van der Waals surface area contributed by atoms with Gasteiger partial charge in [0.15, 0.2) is 11.6 Å². The van der Waals surface area contributed by atoms with Gasteiger partial charge in [0, 0.05) is 24.3 Å². The SMILES string of the molecule is COc1cc([C@@H](C)N[C@H]2CCC(c3ccc(=O)[nH]c3)C2)ccc1F. The van der Waals surface area contributed by atoms with Crippen molar-refractivity contribution in [1.82, 2.24) is 10.3 Å². The number of methoxy groups -OCH3 is 1. The Morgan fingerprint density at radius 1 is 1.29 bits per heavy atom. The van der Waals surface area contributed by atoms with E-state index in [1.165, 1.54) is 18.7 Å². The molecule has 3 rings (SSSR count). The number of pyridine rings is 1. The minimum absolute atomic E-state index is 0.0645. The summed E-state index contributed by atoms with van der Waals surface area (Å²) in [6, 6.07) is 9.03. The van der Waals surface area contributed by atoms with Crippen molar-refractivity contribution >= 4 is 0 Å². The Labute approximate surface area is 141 Å². The lowest BCUT2D eigenvalue weighted by Crippen LogP contribution is -2.29. The molecule has 2 N–H and O–H groups in total. The Kier molecular flexibility index (Phi) is 5.00. The van der Waals surface area contributed by atoms with Gasteiger partial charge in [-0.3, -0.25) is 4.79 Å². The van der Waals surface area contributed by atoms with E-state index in [-0.39, 0.29) is 23.2 Å². The number of aromatic amines is 1. The number of hydrogen-bond donors (Lipinski definition) is 2. The fourth-order valence-corrected chi connectivity index (χ4v) is 3.51. The lowest BCUT2D eigenvalue weighted by atomic mass is 9.99. The second kappa shape index (κ2) is 7.18. The van der Waals surface area contributed by atoms with Crippen molar-refractivity contribution in [1.29, 1.82) is 0 Å². The number of halogens is 1. The highest BCUT2D eigenvalue weighted by Gasteiger charge is 2.27. The van der Waals surface area contributed by atoms with Gasteiger partial charge in [0.2, 0.25) is 5.56 Å². The van der Waals surface area contributed by atoms with E-state index >= 15 is 0 Å². The van der Waals surface area contributed by atoms with Crippen LogP contribution in [-0.2, 0) is 0 Å². The summed E-state index contributed by atoms with van der Waals surface area (Å²) < 4.78 is 18.6. The van der Waals surface area contributed by atoms with E-state index < -0.39 is 0 Å². The smallest absolute Gasteiger partial charge is 0.247 e. The molecule has 4 nitrogen and oxygen atoms in total. The van der Waals surface area contributed by atoms with E-state index in [9.17, 15) is 9.18 Å². The summed E-state index contributed by atoms with van der Waals surface area (Å²) in [5.41, 5.74) is 2.14. The Morgan fingerprint density at radius 3 is 2.83 bits per heavy atom. The Morgan fingerprint density at radius 2 is 2.12 bits per heavy atom. The van der Waals surface area contributed by atoms with Crippen LogP contribution in [0.25, 0.3) is 0 Å². The monoisotopic (exact) mass is 330 g/mol. The number of rotatable bonds is 5. The van der Waals surface area contributed by atoms with Crippen molar-refractivity contribution < 1.29 is 9.13 Å². The molecule has 0 radical (unpaired) electrons. The third-order valence-electron chi connectivity index (χ3n) is 4.87. The standard InChI is InChI=1S/C19H23FN2O2/c1-12(13-4-7-17(20)18(10-13)24-2)22-16-6-3-14(9-16)15-5-8-19(23)21-11-15/h4-5,7-8,10-12,14,16,22H,3,6,9H2,1-2H3,(H,21,23)/t12-,14?,16+/m1/s1. The normalized spacial score (nSPS) is 21.6. The summed E-state index contributed by atoms with van der Waals surface area (Å²) in [7, 11) is 1.48. The molecule has 1 heterocycles. The fraction of sp³-hybridized carbons (Fsp3) is 0.421. The lowest BCUT2D eigenvalue weighted by molar-refractivity contribution is 0.384. The second-order valence-corrected chi connectivity index (χ2v) is 6.48. The molecule has 24 heavy (non-hydrogen) atoms. The number of hydrogen-bond acceptors (Lipinski definition) is 3. The molecule has 1 aliphatic carbocycles. The number of ether oxygens (including phenoxy) is 1. The van der Waals surface area contributed by atoms with Gasteiger partial charge in [-0.15, -0.1) is 0 Å². The molecule has 5 heteroatoms. The Hall–Kier alpha value is -2.14. The molecule has 128 valence electrons. The van der Waals surface area contributed by atoms with Gasteiger partial charge in [0.25, 0.3) is 0 Å². The van der Waals surface area contributed by atoms with E-state index in [4.69, 9.17) is 4.74 Å². The van der Waals surface area contributed by atoms with Gasteiger partial charge in [-0.05, 0) is 55.4 Å². The predicted molar refractivity (Wildman–Crippen MR) is 91.9 cm³/mol. The molecule has 0 spiro atoms. The van der Waals surface area contributed by atoms with Gasteiger partial charge in [-0.25, -0.2) is 4.39 Å². The third kappa shape index (κ3) is 3.67. The van der Waals surface area contributed by atoms with Crippen LogP contribution in [0.5, 0.6) is 5.75 Å². The van der Waals surface area contributed by atoms with Crippen LogP contribution in [0.3, 0.4) is 0 Å². The first-order valence-electron chi connectivity index (χ1n) is 8.35. The molecule has 1 fully saturated rings. The van der Waals surface area contributed by atoms with Crippen LogP contribution in [0.2, 0.25) is 0 Å². The van der Waals surface area contributed by atoms with E-state index in [1.807, 2.05) is 12.3 Å². The molecule has 1 aliphatic rings. The number of nitrogens with one attached hydrogen (secondary N) is 2. The predicted octanol–water partition coefficient (Wildman–Crippen LogP) is 3.51. The first kappa shape index (κ1) is 16.7. The third-order valence-corrected chi connectivity index (χ3v) is 4.87. The molecule has 2 aromatic rings. The molecule has 0 saturated heterocycles. The summed E-state index contributed by atoms with van der Waals surface area (Å²) in [5, 5.41) is 3.63. The van der Waals surface area contributed by atoms with Crippen molar-refractivity contribution in [2.24, 2.45) is 0 Å². The zero-order chi connectivity index (χ0) is 17.1. The number of benzene rings is 1. The summed E-state index contributed by atoms with van der Waals surface area (Å²) >= 11 is 0. The minimum atomic E-state index is -0.340. The largest absolute Gasteiger partial charge is 0.494 e. The van der Waals surface area contributed by atoms with Crippen molar-refractivity contribution in [2.45, 2.75) is 44.2 Å². The zero-order valence-electron chi connectivity index (χ0n) is 14.0. The maximum Gasteiger partial charge on any atom is 0.247 e. The van der Waals surface area contributed by atoms with Crippen LogP contribution < -0.4 is 15.6 Å². The second-order valence-electron chi connectivity index (χ2n) is 6.48. The average molecular weight is 330 g/mol. The van der Waals surface area contributed by atoms with Crippen LogP contribution in [0, 0.1) is 5.82 Å². The first-order valence-corrected chi connectivity index (χ1v) is 8.35. The van der Waals surface area contributed by atoms with Gasteiger partial charge >= 0.3 is 0 Å². The van der Waals surface area contributed by atoms with Crippen LogP contribution in [0.1, 0.15) is 49.3 Å². The highest BCUT2D eigenvalue weighted by molar-refractivity contribution is 5.32. The Balaban J connectivity index is 1.62. The number of H-pyrrole nitrogens is 1. The maximum atomic E-state index is 13.5. The lowest BCUT2D eigenvalue weighted by Gasteiger charge is -2.21. The van der Waals surface area contributed by atoms with Crippen molar-refractivity contribution in [3.63, 3.8) is 0 Å². The van der Waals surface area contributed by atoms with Crippen molar-refractivity contribution in [3.05, 3.63) is 63.8 Å². The van der Waals surface area contributed by atoms with Crippen LogP contribution >= 0.6 is 0 Å². The quantitative estimate of drug-likeness (QED) is 0.882. The molecule has 0 amide bonds. The number of aromatic nitrogens is 1. The summed E-state index contributed by atoms with van der Waals surface area (Å²) in [6.07, 6.45) is 5.05. The molecule has 3 atom stereocenters. The summed E-state index contributed by atoms with van der Waals surface area (Å²) in [4.78, 5) is 13.9. The van der Waals surface area contributed by atoms with Crippen molar-refractivity contribution in [3.8, 4) is 5.75 Å². The topological polar surface area (TPSA) is 54.1 Å². The molecular formula is C19H23FN2O2. The van der Waals surface area contributed by atoms with E-state index in [1.54, 1.807) is 18.2 Å². The fourth-order valence-electron chi connectivity index (χ4n) is 3.51. The molecular weight excluding hydrogens is 307 g/mol. The average Bonchev–Trinajstić information content (AvgIpc) is 3.04. The van der Waals surface area contributed by atoms with Gasteiger partial charge < -0.3 is 15.0 Å². The van der Waals surface area contributed by atoms with Gasteiger partial charge in [-0.2, -0.15) is 0 Å². The van der Waals surface area contributed by atoms with Crippen LogP contribution in [0.4, 0.5) is 4.39 Å². The van der Waals surface area contributed by atoms with E-state index in [0.29, 0.717) is 12.0 Å². The molecule has 1 saturated carbocycles. The molecule has 1 unspecified atom stereocenters. The maximum absolute atomic E-state index is 13.5. The van der Waals surface area contributed by atoms with Crippen molar-refractivity contribution in [2.75, 3.05) is 7.11 Å². The molecule has 0 bridgehead atoms.